The second-order valence-corrected chi connectivity index (χ2v) is 8.67. The third-order valence-electron chi connectivity index (χ3n) is 6.16. The first-order valence-electron chi connectivity index (χ1n) is 11.9. The molecule has 9 heteroatoms. The molecule has 0 spiro atoms. The maximum atomic E-state index is 15.0. The number of anilines is 1. The van der Waals surface area contributed by atoms with Crippen LogP contribution in [-0.2, 0) is 9.59 Å². The summed E-state index contributed by atoms with van der Waals surface area (Å²) in [6.45, 7) is -0.530. The topological polar surface area (TPSA) is 91.7 Å². The third-order valence-corrected chi connectivity index (χ3v) is 6.16. The average Bonchev–Trinajstić information content (AvgIpc) is 3.42. The number of nitrogens with zero attached hydrogens (tertiary/aromatic N) is 1. The van der Waals surface area contributed by atoms with Crippen molar-refractivity contribution in [3.63, 3.8) is 0 Å². The van der Waals surface area contributed by atoms with Gasteiger partial charge in [0.25, 0.3) is 5.91 Å². The van der Waals surface area contributed by atoms with Gasteiger partial charge in [0.2, 0.25) is 11.8 Å². The summed E-state index contributed by atoms with van der Waals surface area (Å²) in [5.74, 6) is -3.27. The van der Waals surface area contributed by atoms with E-state index in [4.69, 9.17) is 4.42 Å². The maximum Gasteiger partial charge on any atom is 0.287 e. The number of hydrogen-bond acceptors (Lipinski definition) is 4. The number of amides is 3. The van der Waals surface area contributed by atoms with Crippen molar-refractivity contribution >= 4 is 23.4 Å². The molecule has 7 nitrogen and oxygen atoms in total. The van der Waals surface area contributed by atoms with E-state index < -0.39 is 41.9 Å². The zero-order valence-corrected chi connectivity index (χ0v) is 19.6. The van der Waals surface area contributed by atoms with Gasteiger partial charge in [0, 0.05) is 17.3 Å². The van der Waals surface area contributed by atoms with Gasteiger partial charge in [0.1, 0.15) is 17.7 Å². The van der Waals surface area contributed by atoms with E-state index in [2.05, 4.69) is 10.6 Å². The minimum Gasteiger partial charge on any atom is -0.459 e. The van der Waals surface area contributed by atoms with Crippen LogP contribution in [0.2, 0.25) is 0 Å². The predicted octanol–water partition coefficient (Wildman–Crippen LogP) is 4.51. The molecule has 0 saturated heterocycles. The highest BCUT2D eigenvalue weighted by molar-refractivity contribution is 6.04. The minimum absolute atomic E-state index is 0.000742. The van der Waals surface area contributed by atoms with E-state index in [-0.39, 0.29) is 23.1 Å². The van der Waals surface area contributed by atoms with E-state index in [1.807, 2.05) is 0 Å². The lowest BCUT2D eigenvalue weighted by Gasteiger charge is -2.33. The number of halogens is 2. The van der Waals surface area contributed by atoms with Crippen LogP contribution in [0.15, 0.2) is 71.3 Å². The van der Waals surface area contributed by atoms with Gasteiger partial charge in [-0.1, -0.05) is 43.5 Å². The number of nitrogens with one attached hydrogen (secondary N) is 2. The van der Waals surface area contributed by atoms with Crippen LogP contribution in [0.3, 0.4) is 0 Å². The van der Waals surface area contributed by atoms with Crippen molar-refractivity contribution in [2.45, 2.75) is 44.2 Å². The summed E-state index contributed by atoms with van der Waals surface area (Å²) in [6, 6.07) is 12.2. The first-order chi connectivity index (χ1) is 17.4. The second-order valence-electron chi connectivity index (χ2n) is 8.67. The molecule has 2 aromatic carbocycles. The van der Waals surface area contributed by atoms with E-state index in [1.165, 1.54) is 54.8 Å². The summed E-state index contributed by atoms with van der Waals surface area (Å²) in [7, 11) is 0. The lowest BCUT2D eigenvalue weighted by atomic mass is 9.94. The highest BCUT2D eigenvalue weighted by Gasteiger charge is 2.36. The van der Waals surface area contributed by atoms with Gasteiger partial charge >= 0.3 is 0 Å². The molecule has 0 bridgehead atoms. The highest BCUT2D eigenvalue weighted by Crippen LogP contribution is 2.31. The van der Waals surface area contributed by atoms with Gasteiger partial charge in [0.05, 0.1) is 12.8 Å². The lowest BCUT2D eigenvalue weighted by Crippen LogP contribution is -2.50. The fraction of sp³-hybridized carbons (Fsp3) is 0.296. The third kappa shape index (κ3) is 5.97. The standard InChI is InChI=1S/C27H27F2N3O4/c28-18-8-6-11-20(16-18)32(24(33)17-30-26(34)23-14-7-15-36-23)25(21-12-4-5-13-22(21)29)27(35)31-19-9-2-1-3-10-19/h4-8,11-16,19,25H,1-3,9-10,17H2,(H,30,34)(H,31,35)/t25-/m0/s1. The summed E-state index contributed by atoms with van der Waals surface area (Å²) in [5, 5.41) is 5.40. The zero-order valence-electron chi connectivity index (χ0n) is 19.6. The molecule has 1 aliphatic carbocycles. The SMILES string of the molecule is O=C(NCC(=O)N(c1cccc(F)c1)[C@H](C(=O)NC1CCCCC1)c1ccccc1F)c1ccco1. The average molecular weight is 496 g/mol. The van der Waals surface area contributed by atoms with Crippen molar-refractivity contribution < 1.29 is 27.6 Å². The Morgan fingerprint density at radius 3 is 2.44 bits per heavy atom. The number of hydrogen-bond donors (Lipinski definition) is 2. The van der Waals surface area contributed by atoms with Crippen LogP contribution in [0.1, 0.15) is 54.3 Å². The monoisotopic (exact) mass is 495 g/mol. The van der Waals surface area contributed by atoms with E-state index in [1.54, 1.807) is 6.07 Å². The Morgan fingerprint density at radius 1 is 0.972 bits per heavy atom. The predicted molar refractivity (Wildman–Crippen MR) is 129 cm³/mol. The van der Waals surface area contributed by atoms with Crippen LogP contribution in [-0.4, -0.2) is 30.3 Å². The first kappa shape index (κ1) is 25.1. The molecule has 3 aromatic rings. The number of furan rings is 1. The lowest BCUT2D eigenvalue weighted by molar-refractivity contribution is -0.127. The van der Waals surface area contributed by atoms with Gasteiger partial charge in [-0.2, -0.15) is 0 Å². The fourth-order valence-electron chi connectivity index (χ4n) is 4.42. The molecule has 1 fully saturated rings. The molecule has 0 aliphatic heterocycles. The van der Waals surface area contributed by atoms with Gasteiger partial charge in [-0.15, -0.1) is 0 Å². The summed E-state index contributed by atoms with van der Waals surface area (Å²) < 4.78 is 34.3. The minimum atomic E-state index is -1.43. The maximum absolute atomic E-state index is 15.0. The summed E-state index contributed by atoms with van der Waals surface area (Å²) >= 11 is 0. The molecule has 0 radical (unpaired) electrons. The number of carbonyl (C=O) groups excluding carboxylic acids is 3. The van der Waals surface area contributed by atoms with Gasteiger partial charge in [0.15, 0.2) is 5.76 Å². The van der Waals surface area contributed by atoms with Gasteiger partial charge in [-0.05, 0) is 49.2 Å². The zero-order chi connectivity index (χ0) is 25.5. The van der Waals surface area contributed by atoms with Crippen LogP contribution in [0.25, 0.3) is 0 Å². The van der Waals surface area contributed by atoms with E-state index >= 15 is 4.39 Å². The van der Waals surface area contributed by atoms with Crippen molar-refractivity contribution in [1.29, 1.82) is 0 Å². The van der Waals surface area contributed by atoms with Crippen LogP contribution < -0.4 is 15.5 Å². The normalized spacial score (nSPS) is 14.6. The first-order valence-corrected chi connectivity index (χ1v) is 11.9. The van der Waals surface area contributed by atoms with Gasteiger partial charge in [-0.3, -0.25) is 19.3 Å². The van der Waals surface area contributed by atoms with Crippen LogP contribution in [0.4, 0.5) is 14.5 Å². The highest BCUT2D eigenvalue weighted by atomic mass is 19.1. The Hall–Kier alpha value is -4.01. The molecule has 36 heavy (non-hydrogen) atoms. The van der Waals surface area contributed by atoms with E-state index in [0.717, 1.165) is 43.1 Å². The molecule has 1 heterocycles. The largest absolute Gasteiger partial charge is 0.459 e. The molecule has 188 valence electrons. The molecule has 0 unspecified atom stereocenters. The molecule has 4 rings (SSSR count). The molecular weight excluding hydrogens is 468 g/mol. The Kier molecular flexibility index (Phi) is 8.10. The Labute approximate surface area is 207 Å². The molecular formula is C27H27F2N3O4. The Balaban J connectivity index is 1.69. The van der Waals surface area contributed by atoms with Crippen molar-refractivity contribution in [3.8, 4) is 0 Å². The quantitative estimate of drug-likeness (QED) is 0.481. The second kappa shape index (κ2) is 11.6. The van der Waals surface area contributed by atoms with Crippen molar-refractivity contribution in [2.24, 2.45) is 0 Å². The van der Waals surface area contributed by atoms with Crippen molar-refractivity contribution in [3.05, 3.63) is 89.9 Å². The van der Waals surface area contributed by atoms with Crippen molar-refractivity contribution in [2.75, 3.05) is 11.4 Å². The summed E-state index contributed by atoms with van der Waals surface area (Å²) in [4.78, 5) is 40.5. The van der Waals surface area contributed by atoms with Gasteiger partial charge in [-0.25, -0.2) is 8.78 Å². The fourth-order valence-corrected chi connectivity index (χ4v) is 4.42. The molecule has 2 N–H and O–H groups in total. The summed E-state index contributed by atoms with van der Waals surface area (Å²) in [5.41, 5.74) is 0.0140. The van der Waals surface area contributed by atoms with Crippen LogP contribution >= 0.6 is 0 Å². The Bertz CT molecular complexity index is 1210. The molecule has 3 amide bonds. The van der Waals surface area contributed by atoms with Gasteiger partial charge < -0.3 is 15.1 Å². The number of benzene rings is 2. The van der Waals surface area contributed by atoms with Crippen LogP contribution in [0, 0.1) is 11.6 Å². The molecule has 1 atom stereocenters. The molecule has 1 aromatic heterocycles. The Morgan fingerprint density at radius 2 is 1.75 bits per heavy atom. The van der Waals surface area contributed by atoms with Crippen molar-refractivity contribution in [1.82, 2.24) is 10.6 Å². The molecule has 1 aliphatic rings. The summed E-state index contributed by atoms with van der Waals surface area (Å²) in [6.07, 6.45) is 5.87. The number of carbonyl (C=O) groups is 3. The van der Waals surface area contributed by atoms with E-state index in [9.17, 15) is 18.8 Å². The van der Waals surface area contributed by atoms with E-state index in [0.29, 0.717) is 0 Å². The van der Waals surface area contributed by atoms with Crippen LogP contribution in [0.5, 0.6) is 0 Å². The number of rotatable bonds is 8. The molecule has 1 saturated carbocycles. The smallest absolute Gasteiger partial charge is 0.287 e.